The summed E-state index contributed by atoms with van der Waals surface area (Å²) in [5.74, 6) is -0.295. The number of aryl methyl sites for hydroxylation is 2. The molecule has 0 fully saturated rings. The third kappa shape index (κ3) is 3.78. The largest absolute Gasteiger partial charge is 0.481 e. The van der Waals surface area contributed by atoms with Crippen LogP contribution >= 0.6 is 11.3 Å². The van der Waals surface area contributed by atoms with Crippen LogP contribution in [0, 0.1) is 13.8 Å². The maximum absolute atomic E-state index is 13.6. The Labute approximate surface area is 178 Å². The van der Waals surface area contributed by atoms with Gasteiger partial charge in [0.15, 0.2) is 0 Å². The second-order valence-corrected chi connectivity index (χ2v) is 8.24. The SMILES string of the molecule is Cc1ccc(-c2csc3nc(-c4ccccc4)n(CCCC(=O)O)c(=O)c23)cc1C. The first-order valence-corrected chi connectivity index (χ1v) is 10.7. The lowest BCUT2D eigenvalue weighted by molar-refractivity contribution is -0.137. The molecule has 0 saturated carbocycles. The van der Waals surface area contributed by atoms with Crippen LogP contribution in [0.4, 0.5) is 0 Å². The predicted octanol–water partition coefficient (Wildman–Crippen LogP) is 5.27. The van der Waals surface area contributed by atoms with Crippen LogP contribution in [-0.2, 0) is 11.3 Å². The van der Waals surface area contributed by atoms with E-state index in [1.54, 1.807) is 4.57 Å². The lowest BCUT2D eigenvalue weighted by Crippen LogP contribution is -2.23. The normalized spacial score (nSPS) is 11.1. The van der Waals surface area contributed by atoms with Gasteiger partial charge in [0.25, 0.3) is 5.56 Å². The summed E-state index contributed by atoms with van der Waals surface area (Å²) in [6, 6.07) is 15.7. The number of carboxylic acid groups (broad SMARTS) is 1. The number of carboxylic acids is 1. The lowest BCUT2D eigenvalue weighted by atomic mass is 10.0. The Kier molecular flexibility index (Phi) is 5.50. The maximum atomic E-state index is 13.6. The quantitative estimate of drug-likeness (QED) is 0.463. The van der Waals surface area contributed by atoms with Crippen molar-refractivity contribution in [1.29, 1.82) is 0 Å². The molecule has 0 atom stereocenters. The van der Waals surface area contributed by atoms with Crippen molar-refractivity contribution in [1.82, 2.24) is 9.55 Å². The van der Waals surface area contributed by atoms with Crippen LogP contribution in [0.25, 0.3) is 32.7 Å². The van der Waals surface area contributed by atoms with Crippen LogP contribution in [0.3, 0.4) is 0 Å². The number of thiophene rings is 1. The zero-order valence-corrected chi connectivity index (χ0v) is 17.7. The number of nitrogens with zero attached hydrogens (tertiary/aromatic N) is 2. The second-order valence-electron chi connectivity index (χ2n) is 7.38. The van der Waals surface area contributed by atoms with Gasteiger partial charge >= 0.3 is 5.97 Å². The van der Waals surface area contributed by atoms with Crippen LogP contribution in [0.1, 0.15) is 24.0 Å². The molecule has 4 aromatic rings. The summed E-state index contributed by atoms with van der Waals surface area (Å²) in [4.78, 5) is 30.1. The highest BCUT2D eigenvalue weighted by Gasteiger charge is 2.18. The fraction of sp³-hybridized carbons (Fsp3) is 0.208. The summed E-state index contributed by atoms with van der Waals surface area (Å²) < 4.78 is 1.62. The van der Waals surface area contributed by atoms with E-state index in [2.05, 4.69) is 26.0 Å². The van der Waals surface area contributed by atoms with Gasteiger partial charge in [-0.1, -0.05) is 48.5 Å². The fourth-order valence-electron chi connectivity index (χ4n) is 3.55. The van der Waals surface area contributed by atoms with E-state index in [4.69, 9.17) is 10.1 Å². The number of benzene rings is 2. The van der Waals surface area contributed by atoms with E-state index in [-0.39, 0.29) is 12.0 Å². The molecule has 6 heteroatoms. The summed E-state index contributed by atoms with van der Waals surface area (Å²) in [5.41, 5.74) is 4.96. The maximum Gasteiger partial charge on any atom is 0.303 e. The molecule has 4 rings (SSSR count). The van der Waals surface area contributed by atoms with Crippen molar-refractivity contribution in [2.24, 2.45) is 0 Å². The molecule has 2 heterocycles. The molecule has 0 amide bonds. The number of fused-ring (bicyclic) bond motifs is 1. The third-order valence-electron chi connectivity index (χ3n) is 5.32. The molecule has 30 heavy (non-hydrogen) atoms. The Bertz CT molecular complexity index is 1290. The molecule has 0 bridgehead atoms. The molecule has 0 aliphatic carbocycles. The fourth-order valence-corrected chi connectivity index (χ4v) is 4.49. The highest BCUT2D eigenvalue weighted by molar-refractivity contribution is 7.17. The Balaban J connectivity index is 1.92. The second kappa shape index (κ2) is 8.24. The van der Waals surface area contributed by atoms with E-state index in [0.29, 0.717) is 29.0 Å². The van der Waals surface area contributed by atoms with Gasteiger partial charge in [-0.25, -0.2) is 4.98 Å². The smallest absolute Gasteiger partial charge is 0.303 e. The van der Waals surface area contributed by atoms with Crippen molar-refractivity contribution in [3.63, 3.8) is 0 Å². The number of hydrogen-bond acceptors (Lipinski definition) is 4. The van der Waals surface area contributed by atoms with Crippen LogP contribution in [0.5, 0.6) is 0 Å². The van der Waals surface area contributed by atoms with E-state index in [9.17, 15) is 9.59 Å². The van der Waals surface area contributed by atoms with Gasteiger partial charge in [0.05, 0.1) is 5.39 Å². The van der Waals surface area contributed by atoms with Crippen LogP contribution in [0.15, 0.2) is 58.7 Å². The van der Waals surface area contributed by atoms with Gasteiger partial charge in [0.2, 0.25) is 0 Å². The topological polar surface area (TPSA) is 72.2 Å². The molecule has 0 aliphatic heterocycles. The number of hydrogen-bond donors (Lipinski definition) is 1. The van der Waals surface area contributed by atoms with Gasteiger partial charge in [-0.05, 0) is 37.0 Å². The molecule has 152 valence electrons. The van der Waals surface area contributed by atoms with E-state index in [1.165, 1.54) is 22.5 Å². The number of aliphatic carboxylic acids is 1. The summed E-state index contributed by atoms with van der Waals surface area (Å²) in [6.07, 6.45) is 0.373. The lowest BCUT2D eigenvalue weighted by Gasteiger charge is -2.13. The molecule has 2 aromatic heterocycles. The molecule has 5 nitrogen and oxygen atoms in total. The zero-order chi connectivity index (χ0) is 21.3. The summed E-state index contributed by atoms with van der Waals surface area (Å²) in [7, 11) is 0. The van der Waals surface area contributed by atoms with Crippen molar-refractivity contribution in [3.05, 3.63) is 75.4 Å². The molecule has 2 aromatic carbocycles. The van der Waals surface area contributed by atoms with Crippen LogP contribution in [-0.4, -0.2) is 20.6 Å². The number of carbonyl (C=O) groups is 1. The molecule has 0 aliphatic rings. The molecular formula is C24H22N2O3S. The van der Waals surface area contributed by atoms with Crippen molar-refractivity contribution < 1.29 is 9.90 Å². The minimum atomic E-state index is -0.871. The number of rotatable bonds is 6. The average Bonchev–Trinajstić information content (AvgIpc) is 3.16. The monoisotopic (exact) mass is 418 g/mol. The highest BCUT2D eigenvalue weighted by atomic mass is 32.1. The van der Waals surface area contributed by atoms with Crippen molar-refractivity contribution in [3.8, 4) is 22.5 Å². The van der Waals surface area contributed by atoms with Gasteiger partial charge in [-0.3, -0.25) is 14.2 Å². The molecule has 0 radical (unpaired) electrons. The van der Waals surface area contributed by atoms with E-state index in [0.717, 1.165) is 16.7 Å². The van der Waals surface area contributed by atoms with Crippen molar-refractivity contribution in [2.45, 2.75) is 33.2 Å². The Morgan fingerprint density at radius 3 is 2.53 bits per heavy atom. The average molecular weight is 419 g/mol. The Morgan fingerprint density at radius 2 is 1.83 bits per heavy atom. The summed E-state index contributed by atoms with van der Waals surface area (Å²) >= 11 is 1.46. The minimum absolute atomic E-state index is 0.00631. The minimum Gasteiger partial charge on any atom is -0.481 e. The molecule has 0 unspecified atom stereocenters. The van der Waals surface area contributed by atoms with Gasteiger partial charge in [0.1, 0.15) is 10.7 Å². The van der Waals surface area contributed by atoms with Gasteiger partial charge < -0.3 is 5.11 Å². The molecular weight excluding hydrogens is 396 g/mol. The van der Waals surface area contributed by atoms with Gasteiger partial charge in [-0.15, -0.1) is 11.3 Å². The first-order valence-electron chi connectivity index (χ1n) is 9.82. The zero-order valence-electron chi connectivity index (χ0n) is 16.9. The Morgan fingerprint density at radius 1 is 1.07 bits per heavy atom. The van der Waals surface area contributed by atoms with Crippen LogP contribution in [0.2, 0.25) is 0 Å². The van der Waals surface area contributed by atoms with Gasteiger partial charge in [-0.2, -0.15) is 0 Å². The molecule has 1 N–H and O–H groups in total. The van der Waals surface area contributed by atoms with E-state index in [1.807, 2.05) is 41.8 Å². The van der Waals surface area contributed by atoms with Gasteiger partial charge in [0, 0.05) is 29.5 Å². The van der Waals surface area contributed by atoms with Crippen molar-refractivity contribution in [2.75, 3.05) is 0 Å². The van der Waals surface area contributed by atoms with E-state index >= 15 is 0 Å². The standard InChI is InChI=1S/C24H22N2O3S/c1-15-10-11-18(13-16(15)2)19-14-30-23-21(19)24(29)26(12-6-9-20(27)28)22(25-23)17-7-4-3-5-8-17/h3-5,7-8,10-11,13-14H,6,9,12H2,1-2H3,(H,27,28). The first-order chi connectivity index (χ1) is 14.5. The third-order valence-corrected chi connectivity index (χ3v) is 6.19. The summed E-state index contributed by atoms with van der Waals surface area (Å²) in [6.45, 7) is 4.43. The van der Waals surface area contributed by atoms with E-state index < -0.39 is 5.97 Å². The number of aromatic nitrogens is 2. The highest BCUT2D eigenvalue weighted by Crippen LogP contribution is 2.33. The summed E-state index contributed by atoms with van der Waals surface area (Å²) in [5, 5.41) is 11.6. The molecule has 0 spiro atoms. The first kappa shape index (κ1) is 20.0. The molecule has 0 saturated heterocycles. The van der Waals surface area contributed by atoms with Crippen LogP contribution < -0.4 is 5.56 Å². The predicted molar refractivity (Wildman–Crippen MR) is 121 cm³/mol. The Hall–Kier alpha value is -3.25. The van der Waals surface area contributed by atoms with Crippen molar-refractivity contribution >= 4 is 27.5 Å².